The third kappa shape index (κ3) is 4.73. The zero-order chi connectivity index (χ0) is 13.4. The minimum Gasteiger partial charge on any atom is -0.508 e. The molecule has 0 aromatic heterocycles. The van der Waals surface area contributed by atoms with Crippen LogP contribution in [0.15, 0.2) is 18.2 Å². The van der Waals surface area contributed by atoms with Gasteiger partial charge in [-0.2, -0.15) is 0 Å². The second-order valence-corrected chi connectivity index (χ2v) is 4.00. The zero-order valence-electron chi connectivity index (χ0n) is 10.8. The van der Waals surface area contributed by atoms with Crippen LogP contribution >= 0.6 is 0 Å². The molecule has 5 heteroatoms. The molecule has 5 nitrogen and oxygen atoms in total. The third-order valence-corrected chi connectivity index (χ3v) is 2.53. The minimum atomic E-state index is -0.133. The van der Waals surface area contributed by atoms with Gasteiger partial charge in [0.1, 0.15) is 5.75 Å². The van der Waals surface area contributed by atoms with Gasteiger partial charge < -0.3 is 20.5 Å². The first-order chi connectivity index (χ1) is 8.65. The Labute approximate surface area is 107 Å². The number of phenols is 1. The Morgan fingerprint density at radius 2 is 2.11 bits per heavy atom. The maximum absolute atomic E-state index is 11.8. The second kappa shape index (κ2) is 7.68. The molecule has 0 bridgehead atoms. The molecule has 0 saturated carbocycles. The SMILES string of the molecule is COCCNCCNC(=O)c1ccc(O)c(C)c1. The van der Waals surface area contributed by atoms with Crippen LogP contribution in [0.25, 0.3) is 0 Å². The molecule has 0 heterocycles. The van der Waals surface area contributed by atoms with Crippen LogP contribution in [0.5, 0.6) is 5.75 Å². The van der Waals surface area contributed by atoms with Gasteiger partial charge in [0, 0.05) is 32.3 Å². The molecule has 0 saturated heterocycles. The van der Waals surface area contributed by atoms with Gasteiger partial charge in [0.05, 0.1) is 6.61 Å². The molecule has 1 aromatic carbocycles. The summed E-state index contributed by atoms with van der Waals surface area (Å²) in [4.78, 5) is 11.8. The number of phenolic OH excluding ortho intramolecular Hbond substituents is 1. The molecule has 3 N–H and O–H groups in total. The minimum absolute atomic E-state index is 0.133. The first-order valence-electron chi connectivity index (χ1n) is 5.92. The summed E-state index contributed by atoms with van der Waals surface area (Å²) < 4.78 is 4.89. The smallest absolute Gasteiger partial charge is 0.251 e. The monoisotopic (exact) mass is 252 g/mol. The van der Waals surface area contributed by atoms with Crippen molar-refractivity contribution in [2.75, 3.05) is 33.4 Å². The van der Waals surface area contributed by atoms with Gasteiger partial charge in [-0.05, 0) is 30.7 Å². The first-order valence-corrected chi connectivity index (χ1v) is 5.92. The fourth-order valence-electron chi connectivity index (χ4n) is 1.46. The van der Waals surface area contributed by atoms with Crippen LogP contribution in [0.3, 0.4) is 0 Å². The number of methoxy groups -OCH3 is 1. The van der Waals surface area contributed by atoms with E-state index in [4.69, 9.17) is 4.74 Å². The van der Waals surface area contributed by atoms with Crippen molar-refractivity contribution in [3.05, 3.63) is 29.3 Å². The summed E-state index contributed by atoms with van der Waals surface area (Å²) in [5, 5.41) is 15.3. The highest BCUT2D eigenvalue weighted by molar-refractivity contribution is 5.94. The van der Waals surface area contributed by atoms with E-state index in [-0.39, 0.29) is 11.7 Å². The number of amides is 1. The molecular formula is C13H20N2O3. The molecular weight excluding hydrogens is 232 g/mol. The molecule has 0 aliphatic heterocycles. The number of benzene rings is 1. The summed E-state index contributed by atoms with van der Waals surface area (Å²) in [6.07, 6.45) is 0. The molecule has 100 valence electrons. The topological polar surface area (TPSA) is 70.6 Å². The lowest BCUT2D eigenvalue weighted by Crippen LogP contribution is -2.33. The van der Waals surface area contributed by atoms with Gasteiger partial charge in [-0.25, -0.2) is 0 Å². The van der Waals surface area contributed by atoms with Crippen molar-refractivity contribution >= 4 is 5.91 Å². The molecule has 1 rings (SSSR count). The Morgan fingerprint density at radius 3 is 2.78 bits per heavy atom. The third-order valence-electron chi connectivity index (χ3n) is 2.53. The number of aromatic hydroxyl groups is 1. The molecule has 18 heavy (non-hydrogen) atoms. The predicted molar refractivity (Wildman–Crippen MR) is 69.9 cm³/mol. The second-order valence-electron chi connectivity index (χ2n) is 4.00. The molecule has 1 aromatic rings. The molecule has 0 atom stereocenters. The largest absolute Gasteiger partial charge is 0.508 e. The van der Waals surface area contributed by atoms with Crippen LogP contribution in [0.1, 0.15) is 15.9 Å². The number of carbonyl (C=O) groups is 1. The van der Waals surface area contributed by atoms with Gasteiger partial charge in [0.2, 0.25) is 0 Å². The van der Waals surface area contributed by atoms with Gasteiger partial charge in [0.25, 0.3) is 5.91 Å². The van der Waals surface area contributed by atoms with Gasteiger partial charge in [-0.15, -0.1) is 0 Å². The highest BCUT2D eigenvalue weighted by Gasteiger charge is 2.06. The van der Waals surface area contributed by atoms with Crippen molar-refractivity contribution in [3.8, 4) is 5.75 Å². The highest BCUT2D eigenvalue weighted by Crippen LogP contribution is 2.16. The van der Waals surface area contributed by atoms with Gasteiger partial charge in [-0.3, -0.25) is 4.79 Å². The fourth-order valence-corrected chi connectivity index (χ4v) is 1.46. The lowest BCUT2D eigenvalue weighted by molar-refractivity contribution is 0.0953. The summed E-state index contributed by atoms with van der Waals surface area (Å²) in [6, 6.07) is 4.81. The molecule has 0 fully saturated rings. The molecule has 1 amide bonds. The Bertz CT molecular complexity index is 394. The summed E-state index contributed by atoms with van der Waals surface area (Å²) in [5.41, 5.74) is 1.25. The Kier molecular flexibility index (Phi) is 6.18. The average Bonchev–Trinajstić information content (AvgIpc) is 2.36. The number of hydrogen-bond acceptors (Lipinski definition) is 4. The van der Waals surface area contributed by atoms with E-state index in [2.05, 4.69) is 10.6 Å². The van der Waals surface area contributed by atoms with Crippen molar-refractivity contribution in [2.45, 2.75) is 6.92 Å². The number of rotatable bonds is 7. The Morgan fingerprint density at radius 1 is 1.33 bits per heavy atom. The van der Waals surface area contributed by atoms with Crippen LogP contribution in [0, 0.1) is 6.92 Å². The van der Waals surface area contributed by atoms with Gasteiger partial charge in [0.15, 0.2) is 0 Å². The zero-order valence-corrected chi connectivity index (χ0v) is 10.8. The summed E-state index contributed by atoms with van der Waals surface area (Å²) in [6.45, 7) is 4.45. The van der Waals surface area contributed by atoms with E-state index in [1.807, 2.05) is 0 Å². The van der Waals surface area contributed by atoms with Crippen molar-refractivity contribution < 1.29 is 14.6 Å². The van der Waals surface area contributed by atoms with Crippen LogP contribution in [-0.4, -0.2) is 44.4 Å². The molecule has 0 spiro atoms. The van der Waals surface area contributed by atoms with E-state index in [1.165, 1.54) is 6.07 Å². The fraction of sp³-hybridized carbons (Fsp3) is 0.462. The molecule has 0 aliphatic carbocycles. The van der Waals surface area contributed by atoms with Crippen LogP contribution in [0.2, 0.25) is 0 Å². The normalized spacial score (nSPS) is 10.3. The number of hydrogen-bond donors (Lipinski definition) is 3. The maximum Gasteiger partial charge on any atom is 0.251 e. The van der Waals surface area contributed by atoms with Crippen molar-refractivity contribution in [2.24, 2.45) is 0 Å². The van der Waals surface area contributed by atoms with E-state index in [9.17, 15) is 9.90 Å². The Hall–Kier alpha value is -1.59. The lowest BCUT2D eigenvalue weighted by Gasteiger charge is -2.07. The van der Waals surface area contributed by atoms with Crippen LogP contribution in [-0.2, 0) is 4.74 Å². The highest BCUT2D eigenvalue weighted by atomic mass is 16.5. The van der Waals surface area contributed by atoms with E-state index in [1.54, 1.807) is 26.2 Å². The lowest BCUT2D eigenvalue weighted by atomic mass is 10.1. The number of nitrogens with one attached hydrogen (secondary N) is 2. The van der Waals surface area contributed by atoms with E-state index >= 15 is 0 Å². The predicted octanol–water partition coefficient (Wildman–Crippen LogP) is 0.666. The maximum atomic E-state index is 11.8. The average molecular weight is 252 g/mol. The van der Waals surface area contributed by atoms with Crippen molar-refractivity contribution in [1.82, 2.24) is 10.6 Å². The summed E-state index contributed by atoms with van der Waals surface area (Å²) in [5.74, 6) is 0.0689. The van der Waals surface area contributed by atoms with E-state index in [0.717, 1.165) is 6.54 Å². The van der Waals surface area contributed by atoms with Crippen molar-refractivity contribution in [3.63, 3.8) is 0 Å². The quantitative estimate of drug-likeness (QED) is 0.624. The summed E-state index contributed by atoms with van der Waals surface area (Å²) >= 11 is 0. The number of ether oxygens (including phenoxy) is 1. The van der Waals surface area contributed by atoms with Gasteiger partial charge in [-0.1, -0.05) is 0 Å². The number of carbonyl (C=O) groups excluding carboxylic acids is 1. The summed E-state index contributed by atoms with van der Waals surface area (Å²) in [7, 11) is 1.65. The molecule has 0 unspecified atom stereocenters. The van der Waals surface area contributed by atoms with E-state index < -0.39 is 0 Å². The number of aryl methyl sites for hydroxylation is 1. The molecule has 0 radical (unpaired) electrons. The van der Waals surface area contributed by atoms with E-state index in [0.29, 0.717) is 30.8 Å². The first kappa shape index (κ1) is 14.5. The Balaban J connectivity index is 2.30. The van der Waals surface area contributed by atoms with Crippen LogP contribution in [0.4, 0.5) is 0 Å². The van der Waals surface area contributed by atoms with Crippen LogP contribution < -0.4 is 10.6 Å². The molecule has 0 aliphatic rings. The van der Waals surface area contributed by atoms with Gasteiger partial charge >= 0.3 is 0 Å². The standard InChI is InChI=1S/C13H20N2O3/c1-10-9-11(3-4-12(10)16)13(17)15-6-5-14-7-8-18-2/h3-4,9,14,16H,5-8H2,1-2H3,(H,15,17). The van der Waals surface area contributed by atoms with Crippen molar-refractivity contribution in [1.29, 1.82) is 0 Å².